The van der Waals surface area contributed by atoms with Crippen molar-refractivity contribution in [3.63, 3.8) is 0 Å². The molecule has 0 radical (unpaired) electrons. The van der Waals surface area contributed by atoms with Crippen LogP contribution >= 0.6 is 0 Å². The Labute approximate surface area is 83.3 Å². The summed E-state index contributed by atoms with van der Waals surface area (Å²) in [6, 6.07) is 0.764. The zero-order valence-electron chi connectivity index (χ0n) is 9.47. The Hall–Kier alpha value is -0.0400. The van der Waals surface area contributed by atoms with Gasteiger partial charge in [0.05, 0.1) is 0 Å². The highest BCUT2D eigenvalue weighted by molar-refractivity contribution is 4.78. The third-order valence-corrected chi connectivity index (χ3v) is 3.04. The Balaban J connectivity index is 2.11. The first-order valence-corrected chi connectivity index (χ1v) is 5.97. The molecule has 13 heavy (non-hydrogen) atoms. The van der Waals surface area contributed by atoms with E-state index in [1.165, 1.54) is 38.6 Å². The van der Waals surface area contributed by atoms with Crippen LogP contribution in [-0.2, 0) is 0 Å². The summed E-state index contributed by atoms with van der Waals surface area (Å²) in [5.41, 5.74) is 0. The van der Waals surface area contributed by atoms with Gasteiger partial charge in [-0.2, -0.15) is 0 Å². The molecule has 1 aliphatic carbocycles. The Morgan fingerprint density at radius 2 is 2.00 bits per heavy atom. The first-order valence-electron chi connectivity index (χ1n) is 5.97. The number of nitrogens with one attached hydrogen (secondary N) is 1. The summed E-state index contributed by atoms with van der Waals surface area (Å²) in [6.45, 7) is 8.10. The van der Waals surface area contributed by atoms with Crippen molar-refractivity contribution in [2.45, 2.75) is 58.9 Å². The van der Waals surface area contributed by atoms with Crippen LogP contribution in [0.5, 0.6) is 0 Å². The van der Waals surface area contributed by atoms with Crippen LogP contribution in [0.2, 0.25) is 0 Å². The fourth-order valence-corrected chi connectivity index (χ4v) is 1.82. The second-order valence-corrected chi connectivity index (χ2v) is 4.83. The minimum atomic E-state index is 0.764. The fourth-order valence-electron chi connectivity index (χ4n) is 1.82. The van der Waals surface area contributed by atoms with Crippen LogP contribution in [0.1, 0.15) is 52.9 Å². The van der Waals surface area contributed by atoms with Gasteiger partial charge in [-0.1, -0.05) is 33.6 Å². The van der Waals surface area contributed by atoms with Crippen molar-refractivity contribution in [1.29, 1.82) is 0 Å². The van der Waals surface area contributed by atoms with Gasteiger partial charge in [-0.05, 0) is 37.6 Å². The predicted octanol–water partition coefficient (Wildman–Crippen LogP) is 3.20. The van der Waals surface area contributed by atoms with Crippen molar-refractivity contribution in [1.82, 2.24) is 5.32 Å². The van der Waals surface area contributed by atoms with E-state index in [1.807, 2.05) is 0 Å². The molecule has 1 aliphatic rings. The molecule has 0 saturated heterocycles. The van der Waals surface area contributed by atoms with Crippen molar-refractivity contribution in [3.05, 3.63) is 0 Å². The second-order valence-electron chi connectivity index (χ2n) is 4.83. The summed E-state index contributed by atoms with van der Waals surface area (Å²) in [5.74, 6) is 1.88. The topological polar surface area (TPSA) is 12.0 Å². The molecule has 0 aromatic heterocycles. The van der Waals surface area contributed by atoms with E-state index >= 15 is 0 Å². The third-order valence-electron chi connectivity index (χ3n) is 3.04. The highest BCUT2D eigenvalue weighted by Gasteiger charge is 2.23. The number of hydrogen-bond donors (Lipinski definition) is 1. The normalized spacial score (nSPS) is 19.4. The molecule has 0 aromatic carbocycles. The first kappa shape index (κ1) is 11.0. The van der Waals surface area contributed by atoms with E-state index in [1.54, 1.807) is 0 Å². The Kier molecular flexibility index (Phi) is 4.79. The molecule has 1 fully saturated rings. The largest absolute Gasteiger partial charge is 0.314 e. The highest BCUT2D eigenvalue weighted by Crippen LogP contribution is 2.34. The summed E-state index contributed by atoms with van der Waals surface area (Å²) in [5, 5.41) is 3.65. The first-order chi connectivity index (χ1) is 6.24. The van der Waals surface area contributed by atoms with Crippen LogP contribution in [0.4, 0.5) is 0 Å². The van der Waals surface area contributed by atoms with Crippen LogP contribution in [0.15, 0.2) is 0 Å². The molecule has 1 unspecified atom stereocenters. The summed E-state index contributed by atoms with van der Waals surface area (Å²) < 4.78 is 0. The molecule has 0 aliphatic heterocycles. The number of hydrogen-bond acceptors (Lipinski definition) is 1. The van der Waals surface area contributed by atoms with E-state index in [0.717, 1.165) is 17.9 Å². The molecular formula is C12H25N. The van der Waals surface area contributed by atoms with Crippen molar-refractivity contribution in [3.8, 4) is 0 Å². The molecule has 1 rings (SSSR count). The molecule has 0 bridgehead atoms. The Morgan fingerprint density at radius 3 is 2.46 bits per heavy atom. The molecular weight excluding hydrogens is 158 g/mol. The zero-order chi connectivity index (χ0) is 9.68. The number of rotatable bonds is 7. The predicted molar refractivity (Wildman–Crippen MR) is 58.9 cm³/mol. The van der Waals surface area contributed by atoms with Crippen LogP contribution < -0.4 is 5.32 Å². The van der Waals surface area contributed by atoms with E-state index in [2.05, 4.69) is 26.1 Å². The van der Waals surface area contributed by atoms with E-state index in [-0.39, 0.29) is 0 Å². The van der Waals surface area contributed by atoms with Crippen LogP contribution in [0.3, 0.4) is 0 Å². The quantitative estimate of drug-likeness (QED) is 0.639. The molecule has 1 N–H and O–H groups in total. The lowest BCUT2D eigenvalue weighted by atomic mass is 9.98. The standard InChI is InChI=1S/C12H25N/c1-4-9-13-12(10(2)3)8-7-11-5-6-11/h10-13H,4-9H2,1-3H3. The average molecular weight is 183 g/mol. The molecule has 0 aromatic rings. The molecule has 1 atom stereocenters. The maximum atomic E-state index is 3.65. The smallest absolute Gasteiger partial charge is 0.00901 e. The van der Waals surface area contributed by atoms with Gasteiger partial charge in [0.2, 0.25) is 0 Å². The van der Waals surface area contributed by atoms with Crippen LogP contribution in [0, 0.1) is 11.8 Å². The lowest BCUT2D eigenvalue weighted by molar-refractivity contribution is 0.363. The van der Waals surface area contributed by atoms with Crippen molar-refractivity contribution < 1.29 is 0 Å². The molecule has 0 heterocycles. The molecule has 1 heteroatoms. The van der Waals surface area contributed by atoms with Gasteiger partial charge in [-0.25, -0.2) is 0 Å². The van der Waals surface area contributed by atoms with E-state index in [4.69, 9.17) is 0 Å². The maximum Gasteiger partial charge on any atom is 0.00901 e. The summed E-state index contributed by atoms with van der Waals surface area (Å²) in [6.07, 6.45) is 7.10. The van der Waals surface area contributed by atoms with Gasteiger partial charge < -0.3 is 5.32 Å². The molecule has 0 spiro atoms. The average Bonchev–Trinajstić information content (AvgIpc) is 2.87. The second kappa shape index (κ2) is 5.64. The van der Waals surface area contributed by atoms with Crippen LogP contribution in [0.25, 0.3) is 0 Å². The molecule has 1 saturated carbocycles. The van der Waals surface area contributed by atoms with E-state index < -0.39 is 0 Å². The monoisotopic (exact) mass is 183 g/mol. The highest BCUT2D eigenvalue weighted by atomic mass is 14.9. The van der Waals surface area contributed by atoms with Crippen molar-refractivity contribution in [2.75, 3.05) is 6.54 Å². The van der Waals surface area contributed by atoms with Gasteiger partial charge in [-0.3, -0.25) is 0 Å². The summed E-state index contributed by atoms with van der Waals surface area (Å²) >= 11 is 0. The Morgan fingerprint density at radius 1 is 1.31 bits per heavy atom. The minimum absolute atomic E-state index is 0.764. The van der Waals surface area contributed by atoms with Gasteiger partial charge >= 0.3 is 0 Å². The summed E-state index contributed by atoms with van der Waals surface area (Å²) in [4.78, 5) is 0. The maximum absolute atomic E-state index is 3.65. The fraction of sp³-hybridized carbons (Fsp3) is 1.00. The van der Waals surface area contributed by atoms with Gasteiger partial charge in [0.1, 0.15) is 0 Å². The molecule has 0 amide bonds. The third kappa shape index (κ3) is 4.66. The lowest BCUT2D eigenvalue weighted by Gasteiger charge is -2.22. The molecule has 78 valence electrons. The van der Waals surface area contributed by atoms with E-state index in [0.29, 0.717) is 0 Å². The van der Waals surface area contributed by atoms with Gasteiger partial charge in [0.15, 0.2) is 0 Å². The van der Waals surface area contributed by atoms with Gasteiger partial charge in [0, 0.05) is 6.04 Å². The zero-order valence-corrected chi connectivity index (χ0v) is 9.47. The van der Waals surface area contributed by atoms with Crippen molar-refractivity contribution in [2.24, 2.45) is 11.8 Å². The Bertz CT molecular complexity index is 127. The minimum Gasteiger partial charge on any atom is -0.314 e. The summed E-state index contributed by atoms with van der Waals surface area (Å²) in [7, 11) is 0. The van der Waals surface area contributed by atoms with Crippen molar-refractivity contribution >= 4 is 0 Å². The SMILES string of the molecule is CCCNC(CCC1CC1)C(C)C. The molecule has 1 nitrogen and oxygen atoms in total. The van der Waals surface area contributed by atoms with Gasteiger partial charge in [-0.15, -0.1) is 0 Å². The van der Waals surface area contributed by atoms with E-state index in [9.17, 15) is 0 Å². The van der Waals surface area contributed by atoms with Crippen LogP contribution in [-0.4, -0.2) is 12.6 Å². The lowest BCUT2D eigenvalue weighted by Crippen LogP contribution is -2.34. The van der Waals surface area contributed by atoms with Gasteiger partial charge in [0.25, 0.3) is 0 Å².